The average Bonchev–Trinajstić information content (AvgIpc) is 3.09. The molecule has 0 fully saturated rings. The number of fused-ring (bicyclic) bond motifs is 1. The highest BCUT2D eigenvalue weighted by molar-refractivity contribution is 9.10. The second-order valence-electron chi connectivity index (χ2n) is 6.68. The number of hydrogen-bond donors (Lipinski definition) is 1. The molecule has 150 valence electrons. The fourth-order valence-electron chi connectivity index (χ4n) is 3.17. The summed E-state index contributed by atoms with van der Waals surface area (Å²) in [5.74, 6) is -0.265. The van der Waals surface area contributed by atoms with Crippen molar-refractivity contribution >= 4 is 62.2 Å². The molecular weight excluding hydrogens is 485 g/mol. The zero-order chi connectivity index (χ0) is 21.1. The molecule has 0 radical (unpaired) electrons. The first-order valence-electron chi connectivity index (χ1n) is 9.12. The maximum atomic E-state index is 12.2. The van der Waals surface area contributed by atoms with Crippen molar-refractivity contribution in [2.24, 2.45) is 5.10 Å². The van der Waals surface area contributed by atoms with Gasteiger partial charge in [-0.25, -0.2) is 5.43 Å². The molecule has 30 heavy (non-hydrogen) atoms. The molecule has 1 aromatic heterocycles. The lowest BCUT2D eigenvalue weighted by atomic mass is 10.2. The van der Waals surface area contributed by atoms with E-state index in [1.807, 2.05) is 54.7 Å². The van der Waals surface area contributed by atoms with Gasteiger partial charge in [-0.1, -0.05) is 63.4 Å². The van der Waals surface area contributed by atoms with Gasteiger partial charge in [0.15, 0.2) is 0 Å². The van der Waals surface area contributed by atoms with Gasteiger partial charge in [0.2, 0.25) is 0 Å². The van der Waals surface area contributed by atoms with E-state index in [2.05, 4.69) is 31.0 Å². The van der Waals surface area contributed by atoms with E-state index in [1.165, 1.54) is 0 Å². The summed E-state index contributed by atoms with van der Waals surface area (Å²) in [5, 5.41) is 6.25. The molecule has 1 N–H and O–H groups in total. The van der Waals surface area contributed by atoms with Crippen molar-refractivity contribution in [1.82, 2.24) is 9.99 Å². The van der Waals surface area contributed by atoms with Crippen molar-refractivity contribution in [1.29, 1.82) is 0 Å². The van der Waals surface area contributed by atoms with Crippen LogP contribution in [0.5, 0.6) is 0 Å². The molecule has 4 rings (SSSR count). The standard InChI is InChI=1S/C23H16BrCl2N3O/c24-18-8-6-16(7-9-18)23(30)28-27-12-17-14-29(22-4-2-1-3-19(17)22)13-15-5-10-20(25)21(26)11-15/h1-12,14H,13H2,(H,28,30)/b27-12-. The van der Waals surface area contributed by atoms with Gasteiger partial charge in [0, 0.05) is 39.2 Å². The minimum atomic E-state index is -0.265. The van der Waals surface area contributed by atoms with Crippen LogP contribution in [0.25, 0.3) is 10.9 Å². The molecule has 3 aromatic carbocycles. The molecule has 0 atom stereocenters. The number of halogens is 3. The summed E-state index contributed by atoms with van der Waals surface area (Å²) in [6.07, 6.45) is 3.66. The van der Waals surface area contributed by atoms with Crippen LogP contribution in [0.1, 0.15) is 21.5 Å². The van der Waals surface area contributed by atoms with Gasteiger partial charge in [-0.15, -0.1) is 0 Å². The van der Waals surface area contributed by atoms with Crippen LogP contribution in [-0.4, -0.2) is 16.7 Å². The van der Waals surface area contributed by atoms with Gasteiger partial charge in [-0.05, 0) is 48.0 Å². The second kappa shape index (κ2) is 9.04. The summed E-state index contributed by atoms with van der Waals surface area (Å²) < 4.78 is 3.03. The summed E-state index contributed by atoms with van der Waals surface area (Å²) in [7, 11) is 0. The van der Waals surface area contributed by atoms with E-state index < -0.39 is 0 Å². The SMILES string of the molecule is O=C(N/N=C\c1cn(Cc2ccc(Cl)c(Cl)c2)c2ccccc12)c1ccc(Br)cc1. The van der Waals surface area contributed by atoms with Crippen LogP contribution in [0.3, 0.4) is 0 Å². The number of aromatic nitrogens is 1. The van der Waals surface area contributed by atoms with E-state index in [0.29, 0.717) is 22.2 Å². The van der Waals surface area contributed by atoms with E-state index in [1.54, 1.807) is 24.4 Å². The monoisotopic (exact) mass is 499 g/mol. The van der Waals surface area contributed by atoms with E-state index >= 15 is 0 Å². The van der Waals surface area contributed by atoms with Gasteiger partial charge in [0.25, 0.3) is 5.91 Å². The Morgan fingerprint density at radius 1 is 1.03 bits per heavy atom. The molecule has 1 heterocycles. The topological polar surface area (TPSA) is 46.4 Å². The Labute approximate surface area is 192 Å². The molecule has 0 aliphatic carbocycles. The third kappa shape index (κ3) is 4.59. The van der Waals surface area contributed by atoms with Gasteiger partial charge in [0.05, 0.1) is 16.3 Å². The molecule has 0 spiro atoms. The number of benzene rings is 3. The number of para-hydroxylation sites is 1. The molecule has 7 heteroatoms. The number of carbonyl (C=O) groups is 1. The van der Waals surface area contributed by atoms with Crippen molar-refractivity contribution in [3.05, 3.63) is 104 Å². The molecule has 0 aliphatic rings. The highest BCUT2D eigenvalue weighted by atomic mass is 79.9. The van der Waals surface area contributed by atoms with Gasteiger partial charge in [0.1, 0.15) is 0 Å². The minimum Gasteiger partial charge on any atom is -0.342 e. The van der Waals surface area contributed by atoms with Crippen molar-refractivity contribution in [2.45, 2.75) is 6.54 Å². The lowest BCUT2D eigenvalue weighted by molar-refractivity contribution is 0.0955. The van der Waals surface area contributed by atoms with Gasteiger partial charge < -0.3 is 4.57 Å². The lowest BCUT2D eigenvalue weighted by Gasteiger charge is -2.06. The number of nitrogens with one attached hydrogen (secondary N) is 1. The van der Waals surface area contributed by atoms with Crippen LogP contribution in [0.15, 0.2) is 82.5 Å². The van der Waals surface area contributed by atoms with Crippen molar-refractivity contribution < 1.29 is 4.79 Å². The van der Waals surface area contributed by atoms with Crippen LogP contribution in [0.4, 0.5) is 0 Å². The second-order valence-corrected chi connectivity index (χ2v) is 8.41. The first-order chi connectivity index (χ1) is 14.5. The largest absolute Gasteiger partial charge is 0.342 e. The van der Waals surface area contributed by atoms with E-state index in [9.17, 15) is 4.79 Å². The summed E-state index contributed by atoms with van der Waals surface area (Å²) in [6.45, 7) is 0.635. The predicted molar refractivity (Wildman–Crippen MR) is 127 cm³/mol. The van der Waals surface area contributed by atoms with E-state index in [0.717, 1.165) is 26.5 Å². The molecule has 0 bridgehead atoms. The molecule has 0 saturated carbocycles. The molecule has 1 amide bonds. The smallest absolute Gasteiger partial charge is 0.271 e. The number of hydrazone groups is 1. The Kier molecular flexibility index (Phi) is 6.23. The molecule has 4 aromatic rings. The first kappa shape index (κ1) is 20.7. The zero-order valence-electron chi connectivity index (χ0n) is 15.6. The quantitative estimate of drug-likeness (QED) is 0.246. The van der Waals surface area contributed by atoms with E-state index in [4.69, 9.17) is 23.2 Å². The van der Waals surface area contributed by atoms with Crippen LogP contribution in [0, 0.1) is 0 Å². The lowest BCUT2D eigenvalue weighted by Crippen LogP contribution is -2.17. The van der Waals surface area contributed by atoms with Crippen LogP contribution >= 0.6 is 39.1 Å². The first-order valence-corrected chi connectivity index (χ1v) is 10.7. The summed E-state index contributed by atoms with van der Waals surface area (Å²) in [6, 6.07) is 20.8. The van der Waals surface area contributed by atoms with Crippen molar-refractivity contribution in [2.75, 3.05) is 0 Å². The number of nitrogens with zero attached hydrogens (tertiary/aromatic N) is 2. The van der Waals surface area contributed by atoms with Crippen LogP contribution in [0.2, 0.25) is 10.0 Å². The molecule has 4 nitrogen and oxygen atoms in total. The zero-order valence-corrected chi connectivity index (χ0v) is 18.7. The number of rotatable bonds is 5. The highest BCUT2D eigenvalue weighted by Crippen LogP contribution is 2.25. The normalized spacial score (nSPS) is 11.3. The van der Waals surface area contributed by atoms with Crippen molar-refractivity contribution in [3.63, 3.8) is 0 Å². The Morgan fingerprint density at radius 3 is 2.57 bits per heavy atom. The molecule has 0 unspecified atom stereocenters. The maximum absolute atomic E-state index is 12.2. The number of amides is 1. The fourth-order valence-corrected chi connectivity index (χ4v) is 3.75. The fraction of sp³-hybridized carbons (Fsp3) is 0.0435. The van der Waals surface area contributed by atoms with Gasteiger partial charge >= 0.3 is 0 Å². The molecular formula is C23H16BrCl2N3O. The Balaban J connectivity index is 1.57. The summed E-state index contributed by atoms with van der Waals surface area (Å²) >= 11 is 15.5. The Morgan fingerprint density at radius 2 is 1.80 bits per heavy atom. The van der Waals surface area contributed by atoms with Crippen LogP contribution in [-0.2, 0) is 6.54 Å². The molecule has 0 aliphatic heterocycles. The predicted octanol–water partition coefficient (Wildman–Crippen LogP) is 6.52. The number of hydrogen-bond acceptors (Lipinski definition) is 2. The Bertz CT molecular complexity index is 1250. The number of carbonyl (C=O) groups excluding carboxylic acids is 1. The Hall–Kier alpha value is -2.60. The third-order valence-corrected chi connectivity index (χ3v) is 5.90. The van der Waals surface area contributed by atoms with Crippen molar-refractivity contribution in [3.8, 4) is 0 Å². The minimum absolute atomic E-state index is 0.265. The molecule has 0 saturated heterocycles. The van der Waals surface area contributed by atoms with Gasteiger partial charge in [-0.3, -0.25) is 4.79 Å². The highest BCUT2D eigenvalue weighted by Gasteiger charge is 2.09. The summed E-state index contributed by atoms with van der Waals surface area (Å²) in [5.41, 5.74) is 6.12. The summed E-state index contributed by atoms with van der Waals surface area (Å²) in [4.78, 5) is 12.2. The van der Waals surface area contributed by atoms with Crippen LogP contribution < -0.4 is 5.43 Å². The third-order valence-electron chi connectivity index (χ3n) is 4.63. The van der Waals surface area contributed by atoms with Gasteiger partial charge in [-0.2, -0.15) is 5.10 Å². The maximum Gasteiger partial charge on any atom is 0.271 e. The van der Waals surface area contributed by atoms with E-state index in [-0.39, 0.29) is 5.91 Å². The average molecular weight is 501 g/mol.